The molecule has 2 aliphatic carbocycles. The largest absolute Gasteiger partial charge is 0.380 e. The van der Waals surface area contributed by atoms with E-state index >= 15 is 0 Å². The van der Waals surface area contributed by atoms with Crippen LogP contribution in [0.3, 0.4) is 0 Å². The number of methoxy groups -OCH3 is 1. The number of aromatic nitrogens is 2. The molecule has 7 nitrogen and oxygen atoms in total. The van der Waals surface area contributed by atoms with Crippen molar-refractivity contribution < 1.29 is 21.9 Å². The van der Waals surface area contributed by atoms with E-state index in [1.165, 1.54) is 17.7 Å². The molecule has 0 spiro atoms. The molecule has 7 rings (SSSR count). The lowest BCUT2D eigenvalue weighted by Crippen LogP contribution is -2.55. The first-order valence-corrected chi connectivity index (χ1v) is 15.8. The van der Waals surface area contributed by atoms with E-state index in [2.05, 4.69) is 11.2 Å². The second kappa shape index (κ2) is 10.0. The molecule has 1 unspecified atom stereocenters. The average molecular weight is 581 g/mol. The second-order valence-corrected chi connectivity index (χ2v) is 13.8. The number of benzene rings is 2. The van der Waals surface area contributed by atoms with Crippen molar-refractivity contribution in [1.82, 2.24) is 14.1 Å². The molecule has 3 aromatic rings. The van der Waals surface area contributed by atoms with Crippen molar-refractivity contribution >= 4 is 21.8 Å². The number of anilines is 1. The van der Waals surface area contributed by atoms with Crippen LogP contribution in [0, 0.1) is 17.2 Å². The van der Waals surface area contributed by atoms with Crippen LogP contribution < -0.4 is 4.90 Å². The van der Waals surface area contributed by atoms with E-state index in [1.807, 2.05) is 21.8 Å². The van der Waals surface area contributed by atoms with Gasteiger partial charge in [0.25, 0.3) is 0 Å². The number of halogens is 2. The fraction of sp³-hybridized carbons (Fsp3) is 0.452. The number of ether oxygens (including phenoxy) is 1. The summed E-state index contributed by atoms with van der Waals surface area (Å²) >= 11 is 0. The molecular formula is C31H34F2N4O3S. The van der Waals surface area contributed by atoms with Crippen molar-refractivity contribution in [1.29, 1.82) is 0 Å². The minimum Gasteiger partial charge on any atom is -0.380 e. The normalized spacial score (nSPS) is 25.5. The van der Waals surface area contributed by atoms with Crippen molar-refractivity contribution in [3.05, 3.63) is 77.4 Å². The number of nitrogens with zero attached hydrogens (tertiary/aromatic N) is 4. The van der Waals surface area contributed by atoms with E-state index in [1.54, 1.807) is 41.7 Å². The van der Waals surface area contributed by atoms with Crippen LogP contribution in [0.2, 0.25) is 0 Å². The number of sulfonamides is 1. The molecule has 0 radical (unpaired) electrons. The first-order valence-electron chi connectivity index (χ1n) is 14.3. The van der Waals surface area contributed by atoms with Crippen molar-refractivity contribution in [2.45, 2.75) is 49.3 Å². The van der Waals surface area contributed by atoms with Gasteiger partial charge in [0.15, 0.2) is 0 Å². The van der Waals surface area contributed by atoms with Crippen LogP contribution in [0.25, 0.3) is 11.8 Å². The second-order valence-electron chi connectivity index (χ2n) is 11.9. The summed E-state index contributed by atoms with van der Waals surface area (Å²) < 4.78 is 65.3. The van der Waals surface area contributed by atoms with Gasteiger partial charge < -0.3 is 9.64 Å². The highest BCUT2D eigenvalue weighted by Crippen LogP contribution is 2.53. The van der Waals surface area contributed by atoms with Gasteiger partial charge in [-0.25, -0.2) is 21.9 Å². The lowest BCUT2D eigenvalue weighted by Gasteiger charge is -2.50. The molecule has 0 N–H and O–H groups in total. The maximum absolute atomic E-state index is 14.1. The van der Waals surface area contributed by atoms with Gasteiger partial charge >= 0.3 is 0 Å². The van der Waals surface area contributed by atoms with E-state index < -0.39 is 21.6 Å². The minimum absolute atomic E-state index is 0.119. The molecule has 216 valence electrons. The zero-order valence-corrected chi connectivity index (χ0v) is 23.9. The molecule has 0 amide bonds. The van der Waals surface area contributed by atoms with Gasteiger partial charge in [-0.3, -0.25) is 0 Å². The van der Waals surface area contributed by atoms with Crippen molar-refractivity contribution in [2.75, 3.05) is 38.2 Å². The smallest absolute Gasteiger partial charge is 0.243 e. The topological polar surface area (TPSA) is 67.7 Å². The van der Waals surface area contributed by atoms with Gasteiger partial charge in [-0.1, -0.05) is 11.6 Å². The summed E-state index contributed by atoms with van der Waals surface area (Å²) in [5, 5.41) is 4.65. The molecule has 2 aromatic carbocycles. The van der Waals surface area contributed by atoms with Gasteiger partial charge in [0, 0.05) is 44.4 Å². The highest BCUT2D eigenvalue weighted by molar-refractivity contribution is 7.89. The molecule has 1 saturated carbocycles. The van der Waals surface area contributed by atoms with E-state index in [9.17, 15) is 17.2 Å². The van der Waals surface area contributed by atoms with E-state index in [-0.39, 0.29) is 23.4 Å². The molecule has 3 fully saturated rings. The van der Waals surface area contributed by atoms with Crippen LogP contribution in [0.4, 0.5) is 14.5 Å². The Morgan fingerprint density at radius 2 is 1.88 bits per heavy atom. The molecular weight excluding hydrogens is 546 g/mol. The van der Waals surface area contributed by atoms with Crippen molar-refractivity contribution in [2.24, 2.45) is 11.3 Å². The van der Waals surface area contributed by atoms with Crippen LogP contribution in [0.5, 0.6) is 0 Å². The Morgan fingerprint density at radius 1 is 1.07 bits per heavy atom. The Hall–Kier alpha value is -3.08. The third kappa shape index (κ3) is 4.60. The quantitative estimate of drug-likeness (QED) is 0.393. The van der Waals surface area contributed by atoms with E-state index in [4.69, 9.17) is 4.74 Å². The van der Waals surface area contributed by atoms with E-state index in [0.29, 0.717) is 44.8 Å². The van der Waals surface area contributed by atoms with Gasteiger partial charge in [0.05, 0.1) is 28.6 Å². The minimum atomic E-state index is -3.81. The third-order valence-corrected chi connectivity index (χ3v) is 11.1. The Kier molecular flexibility index (Phi) is 6.55. The zero-order chi connectivity index (χ0) is 28.4. The fourth-order valence-corrected chi connectivity index (χ4v) is 8.69. The van der Waals surface area contributed by atoms with Gasteiger partial charge in [-0.05, 0) is 92.1 Å². The summed E-state index contributed by atoms with van der Waals surface area (Å²) in [5.41, 5.74) is 4.16. The van der Waals surface area contributed by atoms with Crippen LogP contribution >= 0.6 is 0 Å². The molecule has 4 aliphatic rings. The monoisotopic (exact) mass is 580 g/mol. The maximum atomic E-state index is 14.1. The lowest BCUT2D eigenvalue weighted by atomic mass is 9.64. The molecule has 0 bridgehead atoms. The number of hydrogen-bond donors (Lipinski definition) is 0. The maximum Gasteiger partial charge on any atom is 0.243 e. The average Bonchev–Trinajstić information content (AvgIpc) is 3.58. The van der Waals surface area contributed by atoms with Crippen LogP contribution in [0.15, 0.2) is 65.2 Å². The van der Waals surface area contributed by atoms with Gasteiger partial charge in [0.2, 0.25) is 10.0 Å². The predicted molar refractivity (Wildman–Crippen MR) is 153 cm³/mol. The lowest BCUT2D eigenvalue weighted by molar-refractivity contribution is -0.0260. The molecule has 2 saturated heterocycles. The van der Waals surface area contributed by atoms with Crippen LogP contribution in [-0.4, -0.2) is 68.1 Å². The molecule has 41 heavy (non-hydrogen) atoms. The Bertz CT molecular complexity index is 1600. The molecule has 2 aliphatic heterocycles. The standard InChI is InChI=1S/C31H34F2N4O3S/c1-40-30(21-5-6-21)31-17-22-18-34-37(26-9-7-24(32)8-10-26)29(22)15-23(31)11-14-36(20-31)41(38,39)28-4-2-3-27(16-28)35-13-12-25(33)19-35/h2-4,7-10,15-16,18,21,25,30H,5-6,11-14,17,19-20H2,1H3/t25-,30?,31+/m1/s1. The summed E-state index contributed by atoms with van der Waals surface area (Å²) in [6.45, 7) is 1.54. The first-order chi connectivity index (χ1) is 19.8. The summed E-state index contributed by atoms with van der Waals surface area (Å²) in [6.07, 6.45) is 6.78. The van der Waals surface area contributed by atoms with Crippen molar-refractivity contribution in [3.63, 3.8) is 0 Å². The van der Waals surface area contributed by atoms with Crippen LogP contribution in [-0.2, 0) is 21.2 Å². The highest BCUT2D eigenvalue weighted by Gasteiger charge is 2.54. The first kappa shape index (κ1) is 26.8. The van der Waals surface area contributed by atoms with E-state index in [0.717, 1.165) is 35.5 Å². The number of alkyl halides is 1. The summed E-state index contributed by atoms with van der Waals surface area (Å²) in [6, 6.07) is 13.2. The molecule has 10 heteroatoms. The Labute approximate surface area is 239 Å². The Morgan fingerprint density at radius 3 is 2.59 bits per heavy atom. The predicted octanol–water partition coefficient (Wildman–Crippen LogP) is 5.01. The molecule has 3 heterocycles. The van der Waals surface area contributed by atoms with Gasteiger partial charge in [0.1, 0.15) is 12.0 Å². The van der Waals surface area contributed by atoms with Gasteiger partial charge in [-0.15, -0.1) is 0 Å². The van der Waals surface area contributed by atoms with Crippen LogP contribution in [0.1, 0.15) is 36.9 Å². The summed E-state index contributed by atoms with van der Waals surface area (Å²) in [5.74, 6) is 0.0811. The number of piperidine rings is 1. The Balaban J connectivity index is 1.24. The zero-order valence-electron chi connectivity index (χ0n) is 23.0. The summed E-state index contributed by atoms with van der Waals surface area (Å²) in [4.78, 5) is 2.15. The number of fused-ring (bicyclic) bond motifs is 2. The molecule has 1 aromatic heterocycles. The highest BCUT2D eigenvalue weighted by atomic mass is 32.2. The molecule has 3 atom stereocenters. The number of hydrogen-bond acceptors (Lipinski definition) is 5. The van der Waals surface area contributed by atoms with Crippen molar-refractivity contribution in [3.8, 4) is 5.69 Å². The van der Waals surface area contributed by atoms with Gasteiger partial charge in [-0.2, -0.15) is 9.40 Å². The number of rotatable bonds is 7. The fourth-order valence-electron chi connectivity index (χ4n) is 7.14. The third-order valence-electron chi connectivity index (χ3n) is 9.30. The SMILES string of the molecule is COC(C1CC1)[C@]12Cc3cnn(-c4ccc(F)cc4)c3C=C1CCN(S(=O)(=O)c1cccc(N3CC[C@@H](F)C3)c1)C2. The summed E-state index contributed by atoms with van der Waals surface area (Å²) in [7, 11) is -2.07.